The maximum Gasteiger partial charge on any atom is 0.162 e. The number of methoxy groups -OCH3 is 2. The van der Waals surface area contributed by atoms with Crippen molar-refractivity contribution in [2.45, 2.75) is 6.04 Å². The van der Waals surface area contributed by atoms with Gasteiger partial charge in [0.05, 0.1) is 38.5 Å². The monoisotopic (exact) mass is 308 g/mol. The van der Waals surface area contributed by atoms with Crippen molar-refractivity contribution >= 4 is 17.9 Å². The maximum absolute atomic E-state index is 5.40. The standard InChI is InChI=1S/C17H16N4O2/c1-22-15-7-11-13(8-16(15)23-2)19-10-21-9-14(20-17(11)21)12-5-3-4-6-18-12/h3-8,10,14H,9H2,1-2H3. The molecule has 116 valence electrons. The second kappa shape index (κ2) is 5.39. The molecule has 0 bridgehead atoms. The van der Waals surface area contributed by atoms with Gasteiger partial charge in [0.25, 0.3) is 0 Å². The summed E-state index contributed by atoms with van der Waals surface area (Å²) in [5.74, 6) is 2.23. The average molecular weight is 308 g/mol. The molecular weight excluding hydrogens is 292 g/mol. The molecule has 2 aromatic rings. The van der Waals surface area contributed by atoms with Crippen molar-refractivity contribution in [2.24, 2.45) is 9.98 Å². The number of rotatable bonds is 3. The first-order valence-electron chi connectivity index (χ1n) is 7.36. The smallest absolute Gasteiger partial charge is 0.162 e. The third kappa shape index (κ3) is 2.23. The van der Waals surface area contributed by atoms with Crippen LogP contribution in [0.15, 0.2) is 46.5 Å². The van der Waals surface area contributed by atoms with Gasteiger partial charge >= 0.3 is 0 Å². The molecule has 6 nitrogen and oxygen atoms in total. The van der Waals surface area contributed by atoms with Crippen LogP contribution in [-0.2, 0) is 0 Å². The number of hydrogen-bond donors (Lipinski definition) is 0. The van der Waals surface area contributed by atoms with E-state index in [1.807, 2.05) is 41.6 Å². The third-order valence-electron chi connectivity index (χ3n) is 4.03. The van der Waals surface area contributed by atoms with Crippen molar-refractivity contribution in [3.63, 3.8) is 0 Å². The van der Waals surface area contributed by atoms with Crippen LogP contribution in [0.2, 0.25) is 0 Å². The summed E-state index contributed by atoms with van der Waals surface area (Å²) in [6, 6.07) is 9.70. The van der Waals surface area contributed by atoms with Crippen molar-refractivity contribution in [2.75, 3.05) is 20.8 Å². The molecule has 0 spiro atoms. The number of amidine groups is 1. The Morgan fingerprint density at radius 1 is 1.13 bits per heavy atom. The Morgan fingerprint density at radius 3 is 2.70 bits per heavy atom. The molecule has 2 aliphatic heterocycles. The molecular formula is C17H16N4O2. The summed E-state index contributed by atoms with van der Waals surface area (Å²) in [5.41, 5.74) is 2.74. The number of nitrogens with zero attached hydrogens (tertiary/aromatic N) is 4. The number of aliphatic imine (C=N–C) groups is 2. The van der Waals surface area contributed by atoms with Crippen LogP contribution in [0, 0.1) is 0 Å². The zero-order chi connectivity index (χ0) is 15.8. The molecule has 0 radical (unpaired) electrons. The van der Waals surface area contributed by atoms with E-state index >= 15 is 0 Å². The number of hydrogen-bond acceptors (Lipinski definition) is 6. The van der Waals surface area contributed by atoms with Gasteiger partial charge in [-0.3, -0.25) is 9.98 Å². The lowest BCUT2D eigenvalue weighted by molar-refractivity contribution is 0.355. The molecule has 3 heterocycles. The number of fused-ring (bicyclic) bond motifs is 3. The predicted octanol–water partition coefficient (Wildman–Crippen LogP) is 2.58. The molecule has 1 unspecified atom stereocenters. The first kappa shape index (κ1) is 13.8. The zero-order valence-corrected chi connectivity index (χ0v) is 12.9. The van der Waals surface area contributed by atoms with Gasteiger partial charge in [-0.15, -0.1) is 0 Å². The van der Waals surface area contributed by atoms with Gasteiger partial charge in [0, 0.05) is 17.8 Å². The number of pyridine rings is 1. The lowest BCUT2D eigenvalue weighted by Gasteiger charge is -2.22. The number of aromatic nitrogens is 1. The summed E-state index contributed by atoms with van der Waals surface area (Å²) in [5, 5.41) is 0. The summed E-state index contributed by atoms with van der Waals surface area (Å²) in [6.45, 7) is 0.740. The normalized spacial score (nSPS) is 18.3. The highest BCUT2D eigenvalue weighted by molar-refractivity contribution is 6.12. The summed E-state index contributed by atoms with van der Waals surface area (Å²) < 4.78 is 10.7. The molecule has 6 heteroatoms. The Kier molecular flexibility index (Phi) is 3.22. The molecule has 0 aliphatic carbocycles. The SMILES string of the molecule is COc1cc2c(cc1OC)C1=NC(c3ccccn3)CN1C=N2. The highest BCUT2D eigenvalue weighted by atomic mass is 16.5. The molecule has 23 heavy (non-hydrogen) atoms. The van der Waals surface area contributed by atoms with Crippen molar-refractivity contribution in [1.82, 2.24) is 9.88 Å². The lowest BCUT2D eigenvalue weighted by Crippen LogP contribution is -2.29. The molecule has 0 amide bonds. The predicted molar refractivity (Wildman–Crippen MR) is 87.9 cm³/mol. The second-order valence-electron chi connectivity index (χ2n) is 5.34. The summed E-state index contributed by atoms with van der Waals surface area (Å²) in [7, 11) is 3.24. The maximum atomic E-state index is 5.40. The zero-order valence-electron chi connectivity index (χ0n) is 12.9. The van der Waals surface area contributed by atoms with Crippen molar-refractivity contribution < 1.29 is 9.47 Å². The van der Waals surface area contributed by atoms with Gasteiger partial charge in [0.2, 0.25) is 0 Å². The van der Waals surface area contributed by atoms with E-state index in [9.17, 15) is 0 Å². The van der Waals surface area contributed by atoms with E-state index < -0.39 is 0 Å². The molecule has 0 saturated heterocycles. The van der Waals surface area contributed by atoms with Crippen molar-refractivity contribution in [3.05, 3.63) is 47.8 Å². The minimum Gasteiger partial charge on any atom is -0.493 e. The van der Waals surface area contributed by atoms with E-state index in [-0.39, 0.29) is 6.04 Å². The highest BCUT2D eigenvalue weighted by Crippen LogP contribution is 2.39. The van der Waals surface area contributed by atoms with E-state index in [1.165, 1.54) is 0 Å². The largest absolute Gasteiger partial charge is 0.493 e. The summed E-state index contributed by atoms with van der Waals surface area (Å²) in [6.07, 6.45) is 3.61. The van der Waals surface area contributed by atoms with Gasteiger partial charge in [0.1, 0.15) is 11.9 Å². The van der Waals surface area contributed by atoms with Gasteiger partial charge in [0.15, 0.2) is 11.5 Å². The topological polar surface area (TPSA) is 59.3 Å². The highest BCUT2D eigenvalue weighted by Gasteiger charge is 2.31. The van der Waals surface area contributed by atoms with Crippen LogP contribution in [0.25, 0.3) is 0 Å². The minimum absolute atomic E-state index is 0.0108. The molecule has 1 aromatic carbocycles. The van der Waals surface area contributed by atoms with Gasteiger partial charge in [-0.25, -0.2) is 4.99 Å². The molecule has 1 atom stereocenters. The first-order chi connectivity index (χ1) is 11.3. The number of ether oxygens (including phenoxy) is 2. The van der Waals surface area contributed by atoms with Crippen LogP contribution < -0.4 is 9.47 Å². The van der Waals surface area contributed by atoms with Crippen LogP contribution in [0.3, 0.4) is 0 Å². The second-order valence-corrected chi connectivity index (χ2v) is 5.34. The lowest BCUT2D eigenvalue weighted by atomic mass is 10.1. The molecule has 0 N–H and O–H groups in total. The Balaban J connectivity index is 1.78. The van der Waals surface area contributed by atoms with E-state index in [4.69, 9.17) is 14.5 Å². The Labute approximate surface area is 134 Å². The fraction of sp³-hybridized carbons (Fsp3) is 0.235. The minimum atomic E-state index is 0.0108. The Hall–Kier alpha value is -2.89. The van der Waals surface area contributed by atoms with Gasteiger partial charge in [-0.2, -0.15) is 0 Å². The summed E-state index contributed by atoms with van der Waals surface area (Å²) in [4.78, 5) is 15.8. The van der Waals surface area contributed by atoms with Crippen LogP contribution in [0.5, 0.6) is 11.5 Å². The average Bonchev–Trinajstić information content (AvgIpc) is 3.06. The Morgan fingerprint density at radius 2 is 1.96 bits per heavy atom. The van der Waals surface area contributed by atoms with Crippen LogP contribution in [0.4, 0.5) is 5.69 Å². The van der Waals surface area contributed by atoms with Gasteiger partial charge in [-0.1, -0.05) is 6.07 Å². The van der Waals surface area contributed by atoms with E-state index in [0.717, 1.165) is 29.3 Å². The van der Waals surface area contributed by atoms with Gasteiger partial charge < -0.3 is 14.4 Å². The van der Waals surface area contributed by atoms with E-state index in [1.54, 1.807) is 20.4 Å². The fourth-order valence-corrected chi connectivity index (χ4v) is 2.88. The van der Waals surface area contributed by atoms with Gasteiger partial charge in [-0.05, 0) is 18.2 Å². The molecule has 0 saturated carbocycles. The third-order valence-corrected chi connectivity index (χ3v) is 4.03. The Bertz CT molecular complexity index is 802. The molecule has 2 aliphatic rings. The first-order valence-corrected chi connectivity index (χ1v) is 7.36. The van der Waals surface area contributed by atoms with Crippen molar-refractivity contribution in [1.29, 1.82) is 0 Å². The molecule has 4 rings (SSSR count). The van der Waals surface area contributed by atoms with E-state index in [0.29, 0.717) is 11.5 Å². The molecule has 1 aromatic heterocycles. The molecule has 0 fully saturated rings. The summed E-state index contributed by atoms with van der Waals surface area (Å²) >= 11 is 0. The number of benzene rings is 1. The van der Waals surface area contributed by atoms with E-state index in [2.05, 4.69) is 9.98 Å². The quantitative estimate of drug-likeness (QED) is 0.874. The fourth-order valence-electron chi connectivity index (χ4n) is 2.88. The van der Waals surface area contributed by atoms with Crippen LogP contribution in [-0.4, -0.2) is 42.8 Å². The van der Waals surface area contributed by atoms with Crippen LogP contribution in [0.1, 0.15) is 17.3 Å². The van der Waals surface area contributed by atoms with Crippen molar-refractivity contribution in [3.8, 4) is 11.5 Å². The van der Waals surface area contributed by atoms with Crippen LogP contribution >= 0.6 is 0 Å².